The largest absolute Gasteiger partial charge is 0.307 e. The first-order chi connectivity index (χ1) is 9.60. The van der Waals surface area contributed by atoms with Crippen LogP contribution in [0.1, 0.15) is 50.3 Å². The minimum Gasteiger partial charge on any atom is -0.307 e. The van der Waals surface area contributed by atoms with Crippen molar-refractivity contribution in [2.75, 3.05) is 7.05 Å². The molecular weight excluding hydrogens is 264 g/mol. The van der Waals surface area contributed by atoms with E-state index in [-0.39, 0.29) is 6.04 Å². The molecule has 0 bridgehead atoms. The van der Waals surface area contributed by atoms with Gasteiger partial charge >= 0.3 is 0 Å². The monoisotopic (exact) mass is 286 g/mol. The van der Waals surface area contributed by atoms with Crippen LogP contribution >= 0.6 is 11.3 Å². The molecule has 0 saturated heterocycles. The van der Waals surface area contributed by atoms with Gasteiger partial charge in [0.2, 0.25) is 0 Å². The third-order valence-corrected chi connectivity index (χ3v) is 5.56. The molecule has 1 heterocycles. The summed E-state index contributed by atoms with van der Waals surface area (Å²) in [6.45, 7) is 6.57. The molecule has 0 spiro atoms. The lowest BCUT2D eigenvalue weighted by Crippen LogP contribution is -2.19. The Morgan fingerprint density at radius 1 is 1.10 bits per heavy atom. The first kappa shape index (κ1) is 13.8. The van der Waals surface area contributed by atoms with Gasteiger partial charge in [-0.2, -0.15) is 0 Å². The van der Waals surface area contributed by atoms with Crippen LogP contribution in [0.4, 0.5) is 0 Å². The lowest BCUT2D eigenvalue weighted by Gasteiger charge is -2.18. The Labute approximate surface area is 125 Å². The summed E-state index contributed by atoms with van der Waals surface area (Å²) in [6.07, 6.45) is 3.66. The summed E-state index contributed by atoms with van der Waals surface area (Å²) < 4.78 is 0. The minimum absolute atomic E-state index is 0.227. The molecule has 2 aromatic rings. The molecule has 1 atom stereocenters. The van der Waals surface area contributed by atoms with E-state index in [2.05, 4.69) is 38.2 Å². The topological polar surface area (TPSA) is 24.9 Å². The van der Waals surface area contributed by atoms with Crippen LogP contribution in [-0.4, -0.2) is 12.0 Å². The first-order valence-electron chi connectivity index (χ1n) is 7.33. The van der Waals surface area contributed by atoms with E-state index < -0.39 is 0 Å². The zero-order valence-corrected chi connectivity index (χ0v) is 13.5. The molecule has 1 aromatic heterocycles. The number of hydrogen-bond acceptors (Lipinski definition) is 3. The second kappa shape index (κ2) is 5.30. The highest BCUT2D eigenvalue weighted by molar-refractivity contribution is 7.11. The summed E-state index contributed by atoms with van der Waals surface area (Å²) in [6, 6.07) is 4.83. The molecule has 1 unspecified atom stereocenters. The molecule has 2 nitrogen and oxygen atoms in total. The van der Waals surface area contributed by atoms with Crippen molar-refractivity contribution >= 4 is 11.3 Å². The number of rotatable bonds is 3. The van der Waals surface area contributed by atoms with E-state index >= 15 is 0 Å². The Morgan fingerprint density at radius 2 is 1.85 bits per heavy atom. The summed E-state index contributed by atoms with van der Waals surface area (Å²) in [5.74, 6) is 0. The number of fused-ring (bicyclic) bond motifs is 1. The van der Waals surface area contributed by atoms with Gasteiger partial charge in [-0.3, -0.25) is 0 Å². The fourth-order valence-electron chi connectivity index (χ4n) is 3.04. The molecule has 1 aromatic carbocycles. The lowest BCUT2D eigenvalue weighted by atomic mass is 9.96. The number of hydrogen-bond donors (Lipinski definition) is 1. The Hall–Kier alpha value is -1.19. The lowest BCUT2D eigenvalue weighted by molar-refractivity contribution is 0.678. The molecule has 0 fully saturated rings. The van der Waals surface area contributed by atoms with E-state index in [9.17, 15) is 0 Å². The number of benzene rings is 1. The number of thiazole rings is 1. The average molecular weight is 286 g/mol. The quantitative estimate of drug-likeness (QED) is 0.926. The average Bonchev–Trinajstić information content (AvgIpc) is 2.97. The summed E-state index contributed by atoms with van der Waals surface area (Å²) in [5.41, 5.74) is 6.77. The smallest absolute Gasteiger partial charge is 0.115 e. The Morgan fingerprint density at radius 3 is 2.55 bits per heavy atom. The standard InChI is InChI=1S/C17H22N2S/c1-10-8-12(3)13(9-11(10)2)16(18-4)17-19-14-6-5-7-15(14)20-17/h8-9,16,18H,5-7H2,1-4H3. The van der Waals surface area contributed by atoms with Gasteiger partial charge in [0.25, 0.3) is 0 Å². The molecule has 1 aliphatic rings. The first-order valence-corrected chi connectivity index (χ1v) is 8.15. The van der Waals surface area contributed by atoms with Gasteiger partial charge in [0.15, 0.2) is 0 Å². The van der Waals surface area contributed by atoms with Gasteiger partial charge in [-0.05, 0) is 69.3 Å². The second-order valence-electron chi connectivity index (χ2n) is 5.79. The van der Waals surface area contributed by atoms with Crippen LogP contribution in [0.3, 0.4) is 0 Å². The predicted molar refractivity (Wildman–Crippen MR) is 85.7 cm³/mol. The highest BCUT2D eigenvalue weighted by Crippen LogP contribution is 2.34. The number of aryl methyl sites for hydroxylation is 5. The van der Waals surface area contributed by atoms with E-state index in [1.165, 1.54) is 50.7 Å². The van der Waals surface area contributed by atoms with Crippen LogP contribution in [0, 0.1) is 20.8 Å². The van der Waals surface area contributed by atoms with E-state index in [0.717, 1.165) is 6.42 Å². The van der Waals surface area contributed by atoms with Gasteiger partial charge in [0, 0.05) is 4.88 Å². The van der Waals surface area contributed by atoms with Crippen molar-refractivity contribution in [2.45, 2.75) is 46.1 Å². The molecular formula is C17H22N2S. The zero-order chi connectivity index (χ0) is 14.3. The van der Waals surface area contributed by atoms with Gasteiger partial charge in [-0.25, -0.2) is 4.98 Å². The Bertz CT molecular complexity index is 621. The van der Waals surface area contributed by atoms with Crippen LogP contribution in [0.2, 0.25) is 0 Å². The van der Waals surface area contributed by atoms with Gasteiger partial charge in [-0.15, -0.1) is 11.3 Å². The van der Waals surface area contributed by atoms with Gasteiger partial charge in [0.05, 0.1) is 11.7 Å². The minimum atomic E-state index is 0.227. The van der Waals surface area contributed by atoms with Crippen molar-refractivity contribution in [3.8, 4) is 0 Å². The maximum Gasteiger partial charge on any atom is 0.115 e. The molecule has 106 valence electrons. The highest BCUT2D eigenvalue weighted by Gasteiger charge is 2.23. The maximum atomic E-state index is 4.89. The van der Waals surface area contributed by atoms with Crippen LogP contribution in [0.15, 0.2) is 12.1 Å². The third-order valence-electron chi connectivity index (χ3n) is 4.34. The third kappa shape index (κ3) is 2.29. The number of nitrogens with one attached hydrogen (secondary N) is 1. The van der Waals surface area contributed by atoms with Crippen molar-refractivity contribution in [1.29, 1.82) is 0 Å². The SMILES string of the molecule is CNC(c1nc2c(s1)CCC2)c1cc(C)c(C)cc1C. The Kier molecular flexibility index (Phi) is 3.65. The number of nitrogens with zero attached hydrogens (tertiary/aromatic N) is 1. The van der Waals surface area contributed by atoms with Crippen LogP contribution < -0.4 is 5.32 Å². The molecule has 1 N–H and O–H groups in total. The molecule has 1 aliphatic carbocycles. The van der Waals surface area contributed by atoms with Crippen molar-refractivity contribution < 1.29 is 0 Å². The van der Waals surface area contributed by atoms with E-state index in [4.69, 9.17) is 4.98 Å². The van der Waals surface area contributed by atoms with Crippen LogP contribution in [0.25, 0.3) is 0 Å². The van der Waals surface area contributed by atoms with Gasteiger partial charge < -0.3 is 5.32 Å². The van der Waals surface area contributed by atoms with Crippen molar-refractivity contribution in [1.82, 2.24) is 10.3 Å². The van der Waals surface area contributed by atoms with Crippen LogP contribution in [0.5, 0.6) is 0 Å². The van der Waals surface area contributed by atoms with Crippen LogP contribution in [-0.2, 0) is 12.8 Å². The van der Waals surface area contributed by atoms with Gasteiger partial charge in [-0.1, -0.05) is 12.1 Å². The highest BCUT2D eigenvalue weighted by atomic mass is 32.1. The molecule has 0 radical (unpaired) electrons. The summed E-state index contributed by atoms with van der Waals surface area (Å²) >= 11 is 1.89. The van der Waals surface area contributed by atoms with Crippen molar-refractivity contribution in [3.05, 3.63) is 50.0 Å². The maximum absolute atomic E-state index is 4.89. The molecule has 3 heteroatoms. The summed E-state index contributed by atoms with van der Waals surface area (Å²) in [4.78, 5) is 6.39. The van der Waals surface area contributed by atoms with E-state index in [1.54, 1.807) is 0 Å². The zero-order valence-electron chi connectivity index (χ0n) is 12.7. The molecule has 0 amide bonds. The van der Waals surface area contributed by atoms with Gasteiger partial charge in [0.1, 0.15) is 5.01 Å². The van der Waals surface area contributed by atoms with Crippen molar-refractivity contribution in [2.24, 2.45) is 0 Å². The van der Waals surface area contributed by atoms with E-state index in [0.29, 0.717) is 0 Å². The fourth-order valence-corrected chi connectivity index (χ4v) is 4.32. The second-order valence-corrected chi connectivity index (χ2v) is 6.91. The summed E-state index contributed by atoms with van der Waals surface area (Å²) in [5, 5.41) is 4.68. The molecule has 3 rings (SSSR count). The fraction of sp³-hybridized carbons (Fsp3) is 0.471. The normalized spacial score (nSPS) is 15.4. The number of aromatic nitrogens is 1. The summed E-state index contributed by atoms with van der Waals surface area (Å²) in [7, 11) is 2.03. The molecule has 20 heavy (non-hydrogen) atoms. The molecule has 0 saturated carbocycles. The van der Waals surface area contributed by atoms with Crippen molar-refractivity contribution in [3.63, 3.8) is 0 Å². The Balaban J connectivity index is 2.03. The predicted octanol–water partition coefficient (Wildman–Crippen LogP) is 3.87. The van der Waals surface area contributed by atoms with E-state index in [1.807, 2.05) is 18.4 Å². The molecule has 0 aliphatic heterocycles.